The van der Waals surface area contributed by atoms with E-state index in [2.05, 4.69) is 62.5 Å². The molecule has 0 aromatic carbocycles. The second kappa shape index (κ2) is 71.3. The van der Waals surface area contributed by atoms with Gasteiger partial charge in [0, 0.05) is 12.8 Å². The summed E-state index contributed by atoms with van der Waals surface area (Å²) in [4.78, 5) is 36.0. The number of carbonyl (C=O) groups is 2. The Morgan fingerprint density at radius 1 is 0.344 bits per heavy atom. The number of phosphoric ester groups is 1. The Labute approximate surface area is 560 Å². The summed E-state index contributed by atoms with van der Waals surface area (Å²) in [5.74, 6) is -0.777. The number of phosphoric acid groups is 1. The fraction of sp³-hybridized carbons (Fsp3) is 0.875. The minimum absolute atomic E-state index is 0.0334. The third-order valence-electron chi connectivity index (χ3n) is 17.8. The zero-order valence-electron chi connectivity index (χ0n) is 60.7. The van der Waals surface area contributed by atoms with E-state index in [1.54, 1.807) is 0 Å². The minimum Gasteiger partial charge on any atom is -0.462 e. The third-order valence-corrected chi connectivity index (χ3v) is 18.8. The number of rotatable bonds is 74. The van der Waals surface area contributed by atoms with Crippen molar-refractivity contribution in [2.45, 2.75) is 405 Å². The van der Waals surface area contributed by atoms with Gasteiger partial charge in [0.05, 0.1) is 27.7 Å². The van der Waals surface area contributed by atoms with Gasteiger partial charge in [-0.2, -0.15) is 0 Å². The number of quaternary nitrogens is 1. The monoisotopic (exact) mass is 1290 g/mol. The molecule has 0 rings (SSSR count). The highest BCUT2D eigenvalue weighted by molar-refractivity contribution is 7.47. The lowest BCUT2D eigenvalue weighted by Gasteiger charge is -2.24. The predicted octanol–water partition coefficient (Wildman–Crippen LogP) is 26.0. The standard InChI is InChI=1S/C80H152NO8P/c1-6-8-10-12-14-16-18-20-22-24-26-28-30-32-34-36-37-38-39-40-41-42-43-45-46-48-50-52-54-56-58-60-62-64-66-68-70-72-79(82)86-76-78(77-88-90(84,85)87-75-74-81(3,4)5)89-80(83)73-71-69-67-65-63-61-59-57-55-53-51-49-47-44-35-33-31-29-27-25-23-21-19-17-15-13-11-9-7-2/h19,21,24-27,31,33,78H,6-18,20,22-23,28-30,32,34-77H2,1-5H3/p+1/b21-19-,26-24-,27-25-,33-31-. The predicted molar refractivity (Wildman–Crippen MR) is 390 cm³/mol. The Morgan fingerprint density at radius 2 is 0.600 bits per heavy atom. The van der Waals surface area contributed by atoms with Crippen LogP contribution in [0.4, 0.5) is 0 Å². The largest absolute Gasteiger partial charge is 0.472 e. The van der Waals surface area contributed by atoms with E-state index in [4.69, 9.17) is 18.5 Å². The van der Waals surface area contributed by atoms with Crippen LogP contribution in [-0.4, -0.2) is 74.9 Å². The van der Waals surface area contributed by atoms with Crippen LogP contribution in [0, 0.1) is 0 Å². The molecule has 1 N–H and O–H groups in total. The van der Waals surface area contributed by atoms with Gasteiger partial charge in [-0.25, -0.2) is 4.57 Å². The molecule has 530 valence electrons. The highest BCUT2D eigenvalue weighted by Crippen LogP contribution is 2.43. The normalized spacial score (nSPS) is 13.3. The smallest absolute Gasteiger partial charge is 0.462 e. The molecule has 90 heavy (non-hydrogen) atoms. The summed E-state index contributed by atoms with van der Waals surface area (Å²) in [7, 11) is 1.50. The third kappa shape index (κ3) is 75.0. The molecule has 0 amide bonds. The summed E-state index contributed by atoms with van der Waals surface area (Å²) < 4.78 is 34.8. The number of hydrogen-bond acceptors (Lipinski definition) is 7. The maximum absolute atomic E-state index is 12.9. The molecule has 0 heterocycles. The van der Waals surface area contributed by atoms with Crippen molar-refractivity contribution in [1.82, 2.24) is 0 Å². The van der Waals surface area contributed by atoms with Gasteiger partial charge in [0.15, 0.2) is 6.10 Å². The minimum atomic E-state index is -4.39. The summed E-state index contributed by atoms with van der Waals surface area (Å²) in [6, 6.07) is 0. The summed E-state index contributed by atoms with van der Waals surface area (Å²) in [6.45, 7) is 4.49. The fourth-order valence-electron chi connectivity index (χ4n) is 11.8. The molecule has 0 aromatic rings. The summed E-state index contributed by atoms with van der Waals surface area (Å²) in [5.41, 5.74) is 0. The number of likely N-dealkylation sites (N-methyl/N-ethyl adjacent to an activating group) is 1. The van der Waals surface area contributed by atoms with Crippen molar-refractivity contribution in [1.29, 1.82) is 0 Å². The number of carbonyl (C=O) groups excluding carboxylic acids is 2. The molecule has 0 radical (unpaired) electrons. The first-order chi connectivity index (χ1) is 44.0. The van der Waals surface area contributed by atoms with E-state index < -0.39 is 26.5 Å². The van der Waals surface area contributed by atoms with E-state index in [1.165, 1.54) is 321 Å². The number of ether oxygens (including phenoxy) is 2. The van der Waals surface area contributed by atoms with Crippen LogP contribution >= 0.6 is 7.82 Å². The first-order valence-electron chi connectivity index (χ1n) is 39.4. The van der Waals surface area contributed by atoms with Crippen LogP contribution in [0.15, 0.2) is 48.6 Å². The van der Waals surface area contributed by atoms with Gasteiger partial charge in [-0.15, -0.1) is 0 Å². The van der Waals surface area contributed by atoms with Crippen molar-refractivity contribution in [2.75, 3.05) is 47.5 Å². The molecule has 0 spiro atoms. The molecule has 0 aromatic heterocycles. The Hall–Kier alpha value is -2.03. The van der Waals surface area contributed by atoms with Crippen LogP contribution in [0.1, 0.15) is 399 Å². The molecule has 0 aliphatic heterocycles. The highest BCUT2D eigenvalue weighted by Gasteiger charge is 2.27. The van der Waals surface area contributed by atoms with Gasteiger partial charge in [0.2, 0.25) is 0 Å². The van der Waals surface area contributed by atoms with Gasteiger partial charge in [-0.05, 0) is 77.0 Å². The molecule has 0 fully saturated rings. The number of allylic oxidation sites excluding steroid dienone is 8. The van der Waals surface area contributed by atoms with Gasteiger partial charge < -0.3 is 18.9 Å². The first kappa shape index (κ1) is 88.0. The zero-order chi connectivity index (χ0) is 65.5. The van der Waals surface area contributed by atoms with E-state index in [9.17, 15) is 19.0 Å². The second-order valence-corrected chi connectivity index (χ2v) is 29.5. The van der Waals surface area contributed by atoms with Crippen molar-refractivity contribution in [3.63, 3.8) is 0 Å². The lowest BCUT2D eigenvalue weighted by molar-refractivity contribution is -0.870. The van der Waals surface area contributed by atoms with Crippen molar-refractivity contribution >= 4 is 19.8 Å². The molecule has 0 aliphatic rings. The SMILES string of the molecule is CCCCCCC/C=C\C/C=C\C/C=C\CCCCCCCCCCCCCCCCC(=O)OC(COC(=O)CCCCCCCCCCCCCCCCCCCCCCCCCCC/C=C\CCCCCCCCCC)COP(=O)(O)OCC[N+](C)(C)C. The first-order valence-corrected chi connectivity index (χ1v) is 40.9. The van der Waals surface area contributed by atoms with Gasteiger partial charge in [-0.3, -0.25) is 18.6 Å². The highest BCUT2D eigenvalue weighted by atomic mass is 31.2. The quantitative estimate of drug-likeness (QED) is 0.0211. The molecule has 10 heteroatoms. The zero-order valence-corrected chi connectivity index (χ0v) is 61.5. The molecular weight excluding hydrogens is 1130 g/mol. The average Bonchev–Trinajstić information content (AvgIpc) is 3.58. The molecule has 0 aliphatic carbocycles. The summed E-state index contributed by atoms with van der Waals surface area (Å²) in [5, 5.41) is 0. The van der Waals surface area contributed by atoms with Gasteiger partial charge >= 0.3 is 19.8 Å². The molecule has 0 bridgehead atoms. The molecule has 2 atom stereocenters. The molecule has 0 saturated heterocycles. The number of nitrogens with zero attached hydrogens (tertiary/aromatic N) is 1. The van der Waals surface area contributed by atoms with E-state index in [0.29, 0.717) is 23.9 Å². The van der Waals surface area contributed by atoms with Crippen molar-refractivity contribution in [3.8, 4) is 0 Å². The van der Waals surface area contributed by atoms with E-state index in [0.717, 1.165) is 44.9 Å². The Kier molecular flexibility index (Phi) is 69.7. The molecular formula is C80H153NO8P+. The maximum atomic E-state index is 12.9. The summed E-state index contributed by atoms with van der Waals surface area (Å²) >= 11 is 0. The van der Waals surface area contributed by atoms with Gasteiger partial charge in [0.25, 0.3) is 0 Å². The Bertz CT molecular complexity index is 1660. The summed E-state index contributed by atoms with van der Waals surface area (Å²) in [6.07, 6.45) is 94.0. The second-order valence-electron chi connectivity index (χ2n) is 28.1. The maximum Gasteiger partial charge on any atom is 0.472 e. The number of esters is 2. The van der Waals surface area contributed by atoms with Crippen molar-refractivity contribution in [2.24, 2.45) is 0 Å². The van der Waals surface area contributed by atoms with Crippen LogP contribution in [0.25, 0.3) is 0 Å². The van der Waals surface area contributed by atoms with E-state index in [1.807, 2.05) is 21.1 Å². The molecule has 0 saturated carbocycles. The molecule has 2 unspecified atom stereocenters. The van der Waals surface area contributed by atoms with Gasteiger partial charge in [0.1, 0.15) is 19.8 Å². The van der Waals surface area contributed by atoms with Crippen LogP contribution in [0.5, 0.6) is 0 Å². The lowest BCUT2D eigenvalue weighted by Crippen LogP contribution is -2.37. The van der Waals surface area contributed by atoms with E-state index >= 15 is 0 Å². The van der Waals surface area contributed by atoms with Crippen LogP contribution in [0.2, 0.25) is 0 Å². The average molecular weight is 1290 g/mol. The number of unbranched alkanes of at least 4 members (excludes halogenated alkanes) is 52. The van der Waals surface area contributed by atoms with Crippen LogP contribution in [0.3, 0.4) is 0 Å². The van der Waals surface area contributed by atoms with Crippen LogP contribution in [-0.2, 0) is 32.7 Å². The van der Waals surface area contributed by atoms with Gasteiger partial charge in [-0.1, -0.05) is 358 Å². The Morgan fingerprint density at radius 3 is 0.900 bits per heavy atom. The lowest BCUT2D eigenvalue weighted by atomic mass is 10.0. The van der Waals surface area contributed by atoms with Crippen LogP contribution < -0.4 is 0 Å². The number of hydrogen-bond donors (Lipinski definition) is 1. The Balaban J connectivity index is 3.92. The van der Waals surface area contributed by atoms with E-state index in [-0.39, 0.29) is 25.6 Å². The molecule has 9 nitrogen and oxygen atoms in total. The van der Waals surface area contributed by atoms with Crippen molar-refractivity contribution < 1.29 is 42.1 Å². The fourth-order valence-corrected chi connectivity index (χ4v) is 12.5. The topological polar surface area (TPSA) is 108 Å². The van der Waals surface area contributed by atoms with Crippen molar-refractivity contribution in [3.05, 3.63) is 48.6 Å².